The van der Waals surface area contributed by atoms with Gasteiger partial charge >= 0.3 is 6.18 Å². The van der Waals surface area contributed by atoms with Gasteiger partial charge in [0.05, 0.1) is 5.56 Å². The van der Waals surface area contributed by atoms with Crippen LogP contribution in [0, 0.1) is 5.92 Å². The minimum atomic E-state index is -4.43. The summed E-state index contributed by atoms with van der Waals surface area (Å²) in [5, 5.41) is 18.8. The van der Waals surface area contributed by atoms with Crippen LogP contribution in [0.5, 0.6) is 5.75 Å². The van der Waals surface area contributed by atoms with Crippen molar-refractivity contribution in [2.45, 2.75) is 45.4 Å². The van der Waals surface area contributed by atoms with Crippen molar-refractivity contribution < 1.29 is 17.9 Å². The van der Waals surface area contributed by atoms with Gasteiger partial charge in [-0.05, 0) is 30.2 Å². The zero-order chi connectivity index (χ0) is 22.7. The van der Waals surface area contributed by atoms with E-state index in [4.69, 9.17) is 4.74 Å². The van der Waals surface area contributed by atoms with E-state index < -0.39 is 11.7 Å². The summed E-state index contributed by atoms with van der Waals surface area (Å²) >= 11 is 1.52. The molecule has 2 aromatic heterocycles. The number of hydrogen-bond acceptors (Lipinski definition) is 7. The monoisotopic (exact) mass is 463 g/mol. The molecule has 0 saturated carbocycles. The molecule has 4 rings (SSSR count). The second-order valence-electron chi connectivity index (χ2n) is 8.17. The molecule has 0 aliphatic carbocycles. The van der Waals surface area contributed by atoms with E-state index in [9.17, 15) is 13.2 Å². The lowest BCUT2D eigenvalue weighted by molar-refractivity contribution is -0.139. The van der Waals surface area contributed by atoms with E-state index in [1.165, 1.54) is 23.5 Å². The molecule has 1 aromatic carbocycles. The van der Waals surface area contributed by atoms with Gasteiger partial charge in [-0.25, -0.2) is 0 Å². The summed E-state index contributed by atoms with van der Waals surface area (Å²) in [6, 6.07) is 9.12. The zero-order valence-corrected chi connectivity index (χ0v) is 18.7. The molecule has 0 atom stereocenters. The summed E-state index contributed by atoms with van der Waals surface area (Å²) in [6.45, 7) is 5.53. The quantitative estimate of drug-likeness (QED) is 0.497. The van der Waals surface area contributed by atoms with Gasteiger partial charge in [0, 0.05) is 32.4 Å². The SMILES string of the molecule is CC(C)Cc1nnc(-c2ccc(N3CCC(Oc4ccccc4C(F)(F)F)CC3)nn2)s1. The molecule has 0 N–H and O–H groups in total. The largest absolute Gasteiger partial charge is 0.490 e. The Labute approximate surface area is 188 Å². The number of nitrogens with zero attached hydrogens (tertiary/aromatic N) is 5. The maximum atomic E-state index is 13.2. The number of ether oxygens (including phenoxy) is 1. The third-order valence-electron chi connectivity index (χ3n) is 5.17. The topological polar surface area (TPSA) is 64.0 Å². The first-order valence-electron chi connectivity index (χ1n) is 10.5. The smallest absolute Gasteiger partial charge is 0.419 e. The molecule has 0 amide bonds. The summed E-state index contributed by atoms with van der Waals surface area (Å²) in [5.74, 6) is 1.13. The van der Waals surface area contributed by atoms with Gasteiger partial charge in [-0.1, -0.05) is 37.3 Å². The molecule has 6 nitrogen and oxygen atoms in total. The minimum Gasteiger partial charge on any atom is -0.490 e. The van der Waals surface area contributed by atoms with Crippen LogP contribution in [0.1, 0.15) is 37.3 Å². The third kappa shape index (κ3) is 5.35. The van der Waals surface area contributed by atoms with Gasteiger partial charge in [-0.3, -0.25) is 0 Å². The highest BCUT2D eigenvalue weighted by Crippen LogP contribution is 2.37. The van der Waals surface area contributed by atoms with Crippen LogP contribution >= 0.6 is 11.3 Å². The minimum absolute atomic E-state index is 0.114. The van der Waals surface area contributed by atoms with E-state index >= 15 is 0 Å². The third-order valence-corrected chi connectivity index (χ3v) is 6.14. The second-order valence-corrected chi connectivity index (χ2v) is 9.24. The number of aromatic nitrogens is 4. The Balaban J connectivity index is 1.35. The van der Waals surface area contributed by atoms with Crippen LogP contribution in [0.15, 0.2) is 36.4 Å². The van der Waals surface area contributed by atoms with E-state index in [0.29, 0.717) is 37.5 Å². The van der Waals surface area contributed by atoms with Crippen LogP contribution in [0.3, 0.4) is 0 Å². The van der Waals surface area contributed by atoms with Crippen LogP contribution in [-0.2, 0) is 12.6 Å². The van der Waals surface area contributed by atoms with Gasteiger partial charge in [0.15, 0.2) is 10.8 Å². The highest BCUT2D eigenvalue weighted by Gasteiger charge is 2.35. The van der Waals surface area contributed by atoms with E-state index in [0.717, 1.165) is 28.3 Å². The van der Waals surface area contributed by atoms with Crippen LogP contribution in [0.25, 0.3) is 10.7 Å². The Morgan fingerprint density at radius 3 is 2.44 bits per heavy atom. The van der Waals surface area contributed by atoms with Crippen molar-refractivity contribution >= 4 is 17.2 Å². The van der Waals surface area contributed by atoms with Crippen molar-refractivity contribution in [3.8, 4) is 16.5 Å². The fourth-order valence-corrected chi connectivity index (χ4v) is 4.60. The molecule has 10 heteroatoms. The predicted molar refractivity (Wildman–Crippen MR) is 117 cm³/mol. The van der Waals surface area contributed by atoms with Crippen LogP contribution in [-0.4, -0.2) is 39.6 Å². The van der Waals surface area contributed by atoms with E-state index in [1.54, 1.807) is 6.07 Å². The first-order chi connectivity index (χ1) is 15.3. The van der Waals surface area contributed by atoms with Gasteiger partial charge in [0.2, 0.25) is 0 Å². The van der Waals surface area contributed by atoms with Crippen molar-refractivity contribution in [2.24, 2.45) is 5.92 Å². The Kier molecular flexibility index (Phi) is 6.59. The molecular weight excluding hydrogens is 439 g/mol. The Morgan fingerprint density at radius 2 is 1.78 bits per heavy atom. The molecule has 3 aromatic rings. The van der Waals surface area contributed by atoms with Crippen molar-refractivity contribution in [3.63, 3.8) is 0 Å². The average molecular weight is 464 g/mol. The summed E-state index contributed by atoms with van der Waals surface area (Å²) in [5.41, 5.74) is -0.0552. The van der Waals surface area contributed by atoms with Gasteiger partial charge in [0.1, 0.15) is 22.6 Å². The lowest BCUT2D eigenvalue weighted by Crippen LogP contribution is -2.39. The number of rotatable bonds is 6. The van der Waals surface area contributed by atoms with Crippen LogP contribution in [0.4, 0.5) is 19.0 Å². The standard InChI is InChI=1S/C22H24F3N5OS/c1-14(2)13-20-28-29-21(32-20)17-7-8-19(27-26-17)30-11-9-15(10-12-30)31-18-6-4-3-5-16(18)22(23,24)25/h3-8,14-15H,9-13H2,1-2H3. The lowest BCUT2D eigenvalue weighted by Gasteiger charge is -2.33. The predicted octanol–water partition coefficient (Wildman–Crippen LogP) is 5.26. The maximum absolute atomic E-state index is 13.2. The van der Waals surface area contributed by atoms with Gasteiger partial charge in [0.25, 0.3) is 0 Å². The van der Waals surface area contributed by atoms with Crippen molar-refractivity contribution in [2.75, 3.05) is 18.0 Å². The second kappa shape index (κ2) is 9.40. The highest BCUT2D eigenvalue weighted by atomic mass is 32.1. The first kappa shape index (κ1) is 22.4. The molecule has 3 heterocycles. The van der Waals surface area contributed by atoms with Crippen molar-refractivity contribution in [1.82, 2.24) is 20.4 Å². The maximum Gasteiger partial charge on any atom is 0.419 e. The fourth-order valence-electron chi connectivity index (χ4n) is 3.58. The van der Waals surface area contributed by atoms with Crippen LogP contribution in [0.2, 0.25) is 0 Å². The number of anilines is 1. The van der Waals surface area contributed by atoms with Crippen molar-refractivity contribution in [1.29, 1.82) is 0 Å². The number of piperidine rings is 1. The van der Waals surface area contributed by atoms with Gasteiger partial charge in [-0.2, -0.15) is 13.2 Å². The lowest BCUT2D eigenvalue weighted by atomic mass is 10.1. The van der Waals surface area contributed by atoms with Gasteiger partial charge in [-0.15, -0.1) is 20.4 Å². The zero-order valence-electron chi connectivity index (χ0n) is 17.8. The van der Waals surface area contributed by atoms with Crippen molar-refractivity contribution in [3.05, 3.63) is 47.0 Å². The Morgan fingerprint density at radius 1 is 1.03 bits per heavy atom. The van der Waals surface area contributed by atoms with Crippen LogP contribution < -0.4 is 9.64 Å². The Bertz CT molecular complexity index is 1030. The molecular formula is C22H24F3N5OS. The molecule has 32 heavy (non-hydrogen) atoms. The normalized spacial score (nSPS) is 15.4. The molecule has 0 radical (unpaired) electrons. The molecule has 0 spiro atoms. The van der Waals surface area contributed by atoms with E-state index in [2.05, 4.69) is 39.1 Å². The summed E-state index contributed by atoms with van der Waals surface area (Å²) < 4.78 is 45.3. The number of benzene rings is 1. The highest BCUT2D eigenvalue weighted by molar-refractivity contribution is 7.14. The number of para-hydroxylation sites is 1. The molecule has 1 fully saturated rings. The summed E-state index contributed by atoms with van der Waals surface area (Å²) in [7, 11) is 0. The summed E-state index contributed by atoms with van der Waals surface area (Å²) in [4.78, 5) is 2.07. The molecule has 1 saturated heterocycles. The molecule has 1 aliphatic rings. The fraction of sp³-hybridized carbons (Fsp3) is 0.455. The van der Waals surface area contributed by atoms with Gasteiger partial charge < -0.3 is 9.64 Å². The number of alkyl halides is 3. The molecule has 0 unspecified atom stereocenters. The van der Waals surface area contributed by atoms with E-state index in [1.807, 2.05) is 12.1 Å². The molecule has 1 aliphatic heterocycles. The molecule has 170 valence electrons. The number of hydrogen-bond donors (Lipinski definition) is 0. The summed E-state index contributed by atoms with van der Waals surface area (Å²) in [6.07, 6.45) is -2.62. The average Bonchev–Trinajstić information content (AvgIpc) is 3.22. The molecule has 0 bridgehead atoms. The van der Waals surface area contributed by atoms with E-state index in [-0.39, 0.29) is 11.9 Å². The number of halogens is 3. The Hall–Kier alpha value is -2.75. The first-order valence-corrected chi connectivity index (χ1v) is 11.4.